The molecule has 4 nitrogen and oxygen atoms in total. The Morgan fingerprint density at radius 2 is 2.18 bits per heavy atom. The Bertz CT molecular complexity index is 663. The second-order valence-corrected chi connectivity index (χ2v) is 4.10. The molecule has 0 aliphatic rings. The Morgan fingerprint density at radius 1 is 1.35 bits per heavy atom. The molecular weight excluding hydrogens is 212 g/mol. The van der Waals surface area contributed by atoms with Crippen molar-refractivity contribution in [2.45, 2.75) is 6.54 Å². The fourth-order valence-corrected chi connectivity index (χ4v) is 2.24. The highest BCUT2D eigenvalue weighted by Gasteiger charge is 2.12. The van der Waals surface area contributed by atoms with E-state index in [1.807, 2.05) is 19.2 Å². The summed E-state index contributed by atoms with van der Waals surface area (Å²) in [6.07, 6.45) is 3.79. The van der Waals surface area contributed by atoms with Gasteiger partial charge in [-0.2, -0.15) is 0 Å². The first-order chi connectivity index (χ1) is 8.31. The molecule has 0 saturated carbocycles. The average Bonchev–Trinajstić information content (AvgIpc) is 2.94. The van der Waals surface area contributed by atoms with Crippen LogP contribution in [-0.2, 0) is 13.6 Å². The molecule has 4 heteroatoms. The topological polar surface area (TPSA) is 59.6 Å². The van der Waals surface area contributed by atoms with Gasteiger partial charge in [-0.25, -0.2) is 4.98 Å². The van der Waals surface area contributed by atoms with Gasteiger partial charge < -0.3 is 15.3 Å². The zero-order valence-electron chi connectivity index (χ0n) is 9.64. The lowest BCUT2D eigenvalue weighted by Gasteiger charge is -1.98. The van der Waals surface area contributed by atoms with E-state index < -0.39 is 0 Å². The van der Waals surface area contributed by atoms with Gasteiger partial charge in [-0.05, 0) is 6.07 Å². The lowest BCUT2D eigenvalue weighted by Crippen LogP contribution is -1.98. The second-order valence-electron chi connectivity index (χ2n) is 4.10. The molecule has 0 saturated heterocycles. The van der Waals surface area contributed by atoms with Crippen LogP contribution < -0.4 is 5.73 Å². The van der Waals surface area contributed by atoms with E-state index in [0.717, 1.165) is 17.0 Å². The fourth-order valence-electron chi connectivity index (χ4n) is 2.24. The van der Waals surface area contributed by atoms with Crippen LogP contribution in [0.15, 0.2) is 36.8 Å². The normalized spacial score (nSPS) is 11.2. The molecular formula is C13H14N4. The number of H-pyrrole nitrogens is 1. The van der Waals surface area contributed by atoms with E-state index in [1.165, 1.54) is 10.9 Å². The number of para-hydroxylation sites is 1. The summed E-state index contributed by atoms with van der Waals surface area (Å²) >= 11 is 0. The SMILES string of the molecule is Cn1cc(-c2nc[nH]c2CN)c2ccccc21. The highest BCUT2D eigenvalue weighted by Crippen LogP contribution is 2.30. The number of nitrogens with zero attached hydrogens (tertiary/aromatic N) is 2. The molecule has 0 radical (unpaired) electrons. The standard InChI is InChI=1S/C13H14N4/c1-17-7-10(9-4-2-3-5-12(9)17)13-11(6-14)15-8-16-13/h2-5,7-8H,6,14H2,1H3,(H,15,16). The van der Waals surface area contributed by atoms with Crippen LogP contribution in [0.3, 0.4) is 0 Å². The van der Waals surface area contributed by atoms with Gasteiger partial charge in [-0.1, -0.05) is 18.2 Å². The van der Waals surface area contributed by atoms with E-state index in [-0.39, 0.29) is 0 Å². The van der Waals surface area contributed by atoms with Crippen molar-refractivity contribution in [3.05, 3.63) is 42.5 Å². The summed E-state index contributed by atoms with van der Waals surface area (Å²) in [4.78, 5) is 7.45. The monoisotopic (exact) mass is 226 g/mol. The third-order valence-corrected chi connectivity index (χ3v) is 3.07. The van der Waals surface area contributed by atoms with Gasteiger partial charge >= 0.3 is 0 Å². The van der Waals surface area contributed by atoms with Crippen LogP contribution in [0, 0.1) is 0 Å². The molecule has 2 heterocycles. The minimum atomic E-state index is 0.471. The zero-order chi connectivity index (χ0) is 11.8. The van der Waals surface area contributed by atoms with Crippen molar-refractivity contribution < 1.29 is 0 Å². The predicted octanol–water partition coefficient (Wildman–Crippen LogP) is 2.03. The maximum atomic E-state index is 5.71. The number of rotatable bonds is 2. The van der Waals surface area contributed by atoms with Gasteiger partial charge in [0.05, 0.1) is 17.7 Å². The van der Waals surface area contributed by atoms with Crippen LogP contribution in [0.1, 0.15) is 5.69 Å². The van der Waals surface area contributed by atoms with E-state index >= 15 is 0 Å². The van der Waals surface area contributed by atoms with Crippen LogP contribution in [0.4, 0.5) is 0 Å². The Morgan fingerprint density at radius 3 is 3.00 bits per heavy atom. The molecule has 0 fully saturated rings. The maximum absolute atomic E-state index is 5.71. The van der Waals surface area contributed by atoms with E-state index in [4.69, 9.17) is 5.73 Å². The first-order valence-electron chi connectivity index (χ1n) is 5.58. The van der Waals surface area contributed by atoms with E-state index in [0.29, 0.717) is 6.54 Å². The van der Waals surface area contributed by atoms with Gasteiger partial charge in [0.1, 0.15) is 0 Å². The molecule has 0 aliphatic carbocycles. The Hall–Kier alpha value is -2.07. The van der Waals surface area contributed by atoms with Crippen LogP contribution >= 0.6 is 0 Å². The number of aromatic nitrogens is 3. The molecule has 0 amide bonds. The van der Waals surface area contributed by atoms with Crippen LogP contribution in [-0.4, -0.2) is 14.5 Å². The number of nitrogens with two attached hydrogens (primary N) is 1. The van der Waals surface area contributed by atoms with Crippen molar-refractivity contribution in [2.75, 3.05) is 0 Å². The first kappa shape index (κ1) is 10.1. The quantitative estimate of drug-likeness (QED) is 0.702. The summed E-state index contributed by atoms with van der Waals surface area (Å²) in [6, 6.07) is 8.30. The lowest BCUT2D eigenvalue weighted by atomic mass is 10.1. The molecule has 3 aromatic rings. The van der Waals surface area contributed by atoms with Crippen LogP contribution in [0.5, 0.6) is 0 Å². The number of aryl methyl sites for hydroxylation is 1. The molecule has 2 aromatic heterocycles. The third kappa shape index (κ3) is 1.45. The number of hydrogen-bond donors (Lipinski definition) is 2. The zero-order valence-corrected chi connectivity index (χ0v) is 9.64. The van der Waals surface area contributed by atoms with Crippen molar-refractivity contribution in [2.24, 2.45) is 12.8 Å². The summed E-state index contributed by atoms with van der Waals surface area (Å²) in [7, 11) is 2.04. The smallest absolute Gasteiger partial charge is 0.0947 e. The van der Waals surface area contributed by atoms with Crippen molar-refractivity contribution in [1.82, 2.24) is 14.5 Å². The average molecular weight is 226 g/mol. The van der Waals surface area contributed by atoms with Crippen molar-refractivity contribution in [1.29, 1.82) is 0 Å². The van der Waals surface area contributed by atoms with E-state index in [9.17, 15) is 0 Å². The van der Waals surface area contributed by atoms with E-state index in [2.05, 4.69) is 32.9 Å². The number of fused-ring (bicyclic) bond motifs is 1. The molecule has 0 bridgehead atoms. The van der Waals surface area contributed by atoms with Gasteiger partial charge in [0.2, 0.25) is 0 Å². The summed E-state index contributed by atoms with van der Waals surface area (Å²) < 4.78 is 2.11. The number of benzene rings is 1. The molecule has 0 spiro atoms. The summed E-state index contributed by atoms with van der Waals surface area (Å²) in [5.74, 6) is 0. The molecule has 1 aromatic carbocycles. The number of aromatic amines is 1. The Kier molecular flexibility index (Phi) is 2.23. The molecule has 3 N–H and O–H groups in total. The Balaban J connectivity index is 2.31. The van der Waals surface area contributed by atoms with Gasteiger partial charge in [0.25, 0.3) is 0 Å². The van der Waals surface area contributed by atoms with Gasteiger partial charge in [-0.15, -0.1) is 0 Å². The second kappa shape index (κ2) is 3.75. The molecule has 3 rings (SSSR count). The molecule has 0 aliphatic heterocycles. The fraction of sp³-hybridized carbons (Fsp3) is 0.154. The van der Waals surface area contributed by atoms with Crippen molar-refractivity contribution in [3.8, 4) is 11.3 Å². The minimum absolute atomic E-state index is 0.471. The molecule has 0 unspecified atom stereocenters. The lowest BCUT2D eigenvalue weighted by molar-refractivity contribution is 0.968. The summed E-state index contributed by atoms with van der Waals surface area (Å²) in [5.41, 5.74) is 9.96. The van der Waals surface area contributed by atoms with Crippen molar-refractivity contribution >= 4 is 10.9 Å². The number of nitrogens with one attached hydrogen (secondary N) is 1. The highest BCUT2D eigenvalue weighted by molar-refractivity contribution is 5.95. The van der Waals surface area contributed by atoms with Crippen molar-refractivity contribution in [3.63, 3.8) is 0 Å². The maximum Gasteiger partial charge on any atom is 0.0947 e. The molecule has 17 heavy (non-hydrogen) atoms. The third-order valence-electron chi connectivity index (χ3n) is 3.07. The summed E-state index contributed by atoms with van der Waals surface area (Å²) in [5, 5.41) is 1.21. The Labute approximate surface area is 99.1 Å². The van der Waals surface area contributed by atoms with Gasteiger partial charge in [-0.3, -0.25) is 0 Å². The summed E-state index contributed by atoms with van der Waals surface area (Å²) in [6.45, 7) is 0.471. The van der Waals surface area contributed by atoms with Gasteiger partial charge in [0, 0.05) is 36.3 Å². The van der Waals surface area contributed by atoms with Crippen LogP contribution in [0.2, 0.25) is 0 Å². The van der Waals surface area contributed by atoms with E-state index in [1.54, 1.807) is 6.33 Å². The van der Waals surface area contributed by atoms with Gasteiger partial charge in [0.15, 0.2) is 0 Å². The minimum Gasteiger partial charge on any atom is -0.350 e. The van der Waals surface area contributed by atoms with Crippen LogP contribution in [0.25, 0.3) is 22.2 Å². The first-order valence-corrected chi connectivity index (χ1v) is 5.58. The molecule has 0 atom stereocenters. The number of hydrogen-bond acceptors (Lipinski definition) is 2. The highest BCUT2D eigenvalue weighted by atomic mass is 14.9. The molecule has 86 valence electrons. The largest absolute Gasteiger partial charge is 0.350 e. The predicted molar refractivity (Wildman–Crippen MR) is 68.4 cm³/mol. The number of imidazole rings is 1.